The molecule has 1 N–H and O–H groups in total. The van der Waals surface area contributed by atoms with Crippen molar-refractivity contribution in [2.75, 3.05) is 19.6 Å². The van der Waals surface area contributed by atoms with E-state index in [0.717, 1.165) is 25.8 Å². The van der Waals surface area contributed by atoms with E-state index in [1.54, 1.807) is 6.92 Å². The molecular formula is C21H30N2O4. The molecule has 0 radical (unpaired) electrons. The van der Waals surface area contributed by atoms with Crippen molar-refractivity contribution >= 4 is 17.6 Å². The van der Waals surface area contributed by atoms with Gasteiger partial charge in [-0.15, -0.1) is 0 Å². The standard InChI is InChI=1S/C21H30N2O4/c1-14-18-15(24)12-21(2,3)13-16(18)27-19(14)20(26)22-9-7-11-23-10-6-4-5-8-17(23)25/h4-13H2,1-3H3,(H,22,26). The third kappa shape index (κ3) is 4.42. The Morgan fingerprint density at radius 1 is 1.19 bits per heavy atom. The van der Waals surface area contributed by atoms with Crippen LogP contribution in [0.1, 0.15) is 84.6 Å². The first kappa shape index (κ1) is 19.6. The molecule has 0 spiro atoms. The number of amides is 2. The zero-order chi connectivity index (χ0) is 19.6. The van der Waals surface area contributed by atoms with Crippen molar-refractivity contribution < 1.29 is 18.8 Å². The van der Waals surface area contributed by atoms with Crippen LogP contribution in [-0.2, 0) is 11.2 Å². The second-order valence-electron chi connectivity index (χ2n) is 8.60. The number of furan rings is 1. The summed E-state index contributed by atoms with van der Waals surface area (Å²) in [5.41, 5.74) is 1.10. The number of ketones is 1. The number of fused-ring (bicyclic) bond motifs is 1. The molecule has 1 aliphatic carbocycles. The molecule has 1 aromatic rings. The Labute approximate surface area is 160 Å². The highest BCUT2D eigenvalue weighted by atomic mass is 16.4. The molecular weight excluding hydrogens is 344 g/mol. The van der Waals surface area contributed by atoms with Gasteiger partial charge in [-0.3, -0.25) is 14.4 Å². The maximum atomic E-state index is 12.5. The number of carbonyl (C=O) groups excluding carboxylic acids is 3. The highest BCUT2D eigenvalue weighted by Gasteiger charge is 2.37. The minimum atomic E-state index is -0.283. The second-order valence-corrected chi connectivity index (χ2v) is 8.60. The van der Waals surface area contributed by atoms with Crippen LogP contribution in [0.4, 0.5) is 0 Å². The zero-order valence-electron chi connectivity index (χ0n) is 16.7. The van der Waals surface area contributed by atoms with Gasteiger partial charge in [0.2, 0.25) is 5.91 Å². The van der Waals surface area contributed by atoms with Gasteiger partial charge in [0.15, 0.2) is 11.5 Å². The van der Waals surface area contributed by atoms with Crippen molar-refractivity contribution in [3.8, 4) is 0 Å². The quantitative estimate of drug-likeness (QED) is 0.802. The third-order valence-corrected chi connectivity index (χ3v) is 5.54. The van der Waals surface area contributed by atoms with Crippen LogP contribution in [0.3, 0.4) is 0 Å². The fraction of sp³-hybridized carbons (Fsp3) is 0.667. The van der Waals surface area contributed by atoms with Gasteiger partial charge in [-0.05, 0) is 31.6 Å². The summed E-state index contributed by atoms with van der Waals surface area (Å²) in [6, 6.07) is 0. The second kappa shape index (κ2) is 7.87. The topological polar surface area (TPSA) is 79.6 Å². The fourth-order valence-corrected chi connectivity index (χ4v) is 4.13. The normalized spacial score (nSPS) is 19.6. The van der Waals surface area contributed by atoms with Gasteiger partial charge in [0.25, 0.3) is 5.91 Å². The number of nitrogens with one attached hydrogen (secondary N) is 1. The molecule has 148 valence electrons. The average Bonchev–Trinajstić information content (AvgIpc) is 2.77. The average molecular weight is 374 g/mol. The van der Waals surface area contributed by atoms with Crippen molar-refractivity contribution in [1.29, 1.82) is 0 Å². The summed E-state index contributed by atoms with van der Waals surface area (Å²) < 4.78 is 5.79. The van der Waals surface area contributed by atoms with E-state index in [1.165, 1.54) is 0 Å². The van der Waals surface area contributed by atoms with Crippen molar-refractivity contribution in [1.82, 2.24) is 10.2 Å². The lowest BCUT2D eigenvalue weighted by atomic mass is 9.76. The number of nitrogens with zero attached hydrogens (tertiary/aromatic N) is 1. The van der Waals surface area contributed by atoms with Crippen LogP contribution in [0.25, 0.3) is 0 Å². The third-order valence-electron chi connectivity index (χ3n) is 5.54. The Kier molecular flexibility index (Phi) is 5.72. The molecule has 3 rings (SSSR count). The Hall–Kier alpha value is -2.11. The van der Waals surface area contributed by atoms with Gasteiger partial charge in [0, 0.05) is 44.5 Å². The molecule has 2 amide bonds. The SMILES string of the molecule is Cc1c(C(=O)NCCCN2CCCCCC2=O)oc2c1C(=O)CC(C)(C)C2. The van der Waals surface area contributed by atoms with Crippen LogP contribution in [0, 0.1) is 12.3 Å². The summed E-state index contributed by atoms with van der Waals surface area (Å²) in [7, 11) is 0. The van der Waals surface area contributed by atoms with Gasteiger partial charge in [0.05, 0.1) is 5.56 Å². The van der Waals surface area contributed by atoms with Crippen LogP contribution in [0.5, 0.6) is 0 Å². The Bertz CT molecular complexity index is 748. The molecule has 27 heavy (non-hydrogen) atoms. The summed E-state index contributed by atoms with van der Waals surface area (Å²) in [4.78, 5) is 38.8. The molecule has 2 aliphatic rings. The van der Waals surface area contributed by atoms with Crippen LogP contribution < -0.4 is 5.32 Å². The highest BCUT2D eigenvalue weighted by molar-refractivity contribution is 6.03. The monoisotopic (exact) mass is 374 g/mol. The van der Waals surface area contributed by atoms with Crippen LogP contribution in [0.2, 0.25) is 0 Å². The summed E-state index contributed by atoms with van der Waals surface area (Å²) >= 11 is 0. The molecule has 1 fully saturated rings. The van der Waals surface area contributed by atoms with Crippen molar-refractivity contribution in [2.45, 2.75) is 65.7 Å². The van der Waals surface area contributed by atoms with Gasteiger partial charge in [-0.1, -0.05) is 20.3 Å². The highest BCUT2D eigenvalue weighted by Crippen LogP contribution is 2.38. The molecule has 1 aliphatic heterocycles. The summed E-state index contributed by atoms with van der Waals surface area (Å²) in [5.74, 6) is 0.872. The largest absolute Gasteiger partial charge is 0.455 e. The summed E-state index contributed by atoms with van der Waals surface area (Å²) in [6.07, 6.45) is 5.63. The number of rotatable bonds is 5. The number of Topliss-reactive ketones (excluding diaryl/α,β-unsaturated/α-hetero) is 1. The summed E-state index contributed by atoms with van der Waals surface area (Å²) in [6.45, 7) is 7.81. The van der Waals surface area contributed by atoms with E-state index in [1.807, 2.05) is 18.7 Å². The molecule has 0 unspecified atom stereocenters. The lowest BCUT2D eigenvalue weighted by Gasteiger charge is -2.27. The van der Waals surface area contributed by atoms with Crippen molar-refractivity contribution in [3.05, 3.63) is 22.6 Å². The smallest absolute Gasteiger partial charge is 0.287 e. The first-order valence-corrected chi connectivity index (χ1v) is 10.00. The predicted molar refractivity (Wildman–Crippen MR) is 102 cm³/mol. The number of hydrogen-bond donors (Lipinski definition) is 1. The Morgan fingerprint density at radius 3 is 2.74 bits per heavy atom. The van der Waals surface area contributed by atoms with E-state index >= 15 is 0 Å². The van der Waals surface area contributed by atoms with Crippen LogP contribution in [0.15, 0.2) is 4.42 Å². The molecule has 6 heteroatoms. The summed E-state index contributed by atoms with van der Waals surface area (Å²) in [5, 5.41) is 2.87. The number of carbonyl (C=O) groups is 3. The lowest BCUT2D eigenvalue weighted by molar-refractivity contribution is -0.130. The molecule has 0 atom stereocenters. The van der Waals surface area contributed by atoms with Gasteiger partial charge in [-0.25, -0.2) is 0 Å². The minimum Gasteiger partial charge on any atom is -0.455 e. The first-order chi connectivity index (χ1) is 12.8. The molecule has 6 nitrogen and oxygen atoms in total. The zero-order valence-corrected chi connectivity index (χ0v) is 16.7. The fourth-order valence-electron chi connectivity index (χ4n) is 4.13. The van der Waals surface area contributed by atoms with E-state index in [-0.39, 0.29) is 28.8 Å². The lowest BCUT2D eigenvalue weighted by Crippen LogP contribution is -2.34. The van der Waals surface area contributed by atoms with Gasteiger partial charge in [-0.2, -0.15) is 0 Å². The Morgan fingerprint density at radius 2 is 1.96 bits per heavy atom. The van der Waals surface area contributed by atoms with Crippen LogP contribution >= 0.6 is 0 Å². The molecule has 0 saturated carbocycles. The van der Waals surface area contributed by atoms with Gasteiger partial charge in [0.1, 0.15) is 5.76 Å². The minimum absolute atomic E-state index is 0.0567. The first-order valence-electron chi connectivity index (χ1n) is 10.00. The predicted octanol–water partition coefficient (Wildman–Crippen LogP) is 3.27. The van der Waals surface area contributed by atoms with E-state index in [4.69, 9.17) is 4.42 Å². The van der Waals surface area contributed by atoms with Gasteiger partial charge < -0.3 is 14.6 Å². The maximum Gasteiger partial charge on any atom is 0.287 e. The molecule has 0 bridgehead atoms. The van der Waals surface area contributed by atoms with E-state index in [2.05, 4.69) is 5.32 Å². The van der Waals surface area contributed by atoms with Crippen molar-refractivity contribution in [2.24, 2.45) is 5.41 Å². The maximum absolute atomic E-state index is 12.5. The Balaban J connectivity index is 1.56. The number of hydrogen-bond acceptors (Lipinski definition) is 4. The van der Waals surface area contributed by atoms with E-state index in [0.29, 0.717) is 55.7 Å². The van der Waals surface area contributed by atoms with E-state index < -0.39 is 0 Å². The molecule has 2 heterocycles. The molecule has 0 aromatic carbocycles. The van der Waals surface area contributed by atoms with E-state index in [9.17, 15) is 14.4 Å². The molecule has 1 saturated heterocycles. The van der Waals surface area contributed by atoms with Crippen molar-refractivity contribution in [3.63, 3.8) is 0 Å². The molecule has 1 aromatic heterocycles. The number of likely N-dealkylation sites (tertiary alicyclic amines) is 1. The van der Waals surface area contributed by atoms with Gasteiger partial charge >= 0.3 is 0 Å². The van der Waals surface area contributed by atoms with Crippen LogP contribution in [-0.4, -0.2) is 42.1 Å².